The van der Waals surface area contributed by atoms with E-state index in [0.29, 0.717) is 5.56 Å². The molecule has 0 fully saturated rings. The number of hydrogen-bond acceptors (Lipinski definition) is 2. The monoisotopic (exact) mass is 406 g/mol. The number of aryl methyl sites for hydroxylation is 2. The number of aliphatic hydroxyl groups excluding tert-OH is 1. The Kier molecular flexibility index (Phi) is 6.24. The van der Waals surface area contributed by atoms with Crippen LogP contribution in [0.3, 0.4) is 0 Å². The Balaban J connectivity index is 2.06. The van der Waals surface area contributed by atoms with Crippen molar-refractivity contribution in [2.45, 2.75) is 71.1 Å². The van der Waals surface area contributed by atoms with Crippen LogP contribution in [-0.4, -0.2) is 22.8 Å². The van der Waals surface area contributed by atoms with Gasteiger partial charge in [0, 0.05) is 6.61 Å². The minimum absolute atomic E-state index is 0.142. The first kappa shape index (κ1) is 22.3. The van der Waals surface area contributed by atoms with Gasteiger partial charge in [-0.1, -0.05) is 64.1 Å². The Morgan fingerprint density at radius 2 is 1.63 bits per heavy atom. The lowest BCUT2D eigenvalue weighted by Gasteiger charge is -2.42. The summed E-state index contributed by atoms with van der Waals surface area (Å²) in [5.41, 5.74) is 7.70. The highest BCUT2D eigenvalue weighted by atomic mass is 16.4. The van der Waals surface area contributed by atoms with Crippen molar-refractivity contribution in [3.05, 3.63) is 69.3 Å². The predicted octanol–water partition coefficient (Wildman–Crippen LogP) is 6.14. The van der Waals surface area contributed by atoms with Gasteiger partial charge in [0.1, 0.15) is 0 Å². The van der Waals surface area contributed by atoms with Crippen molar-refractivity contribution in [3.8, 4) is 0 Å². The summed E-state index contributed by atoms with van der Waals surface area (Å²) in [6.07, 6.45) is 8.13. The first-order valence-corrected chi connectivity index (χ1v) is 10.9. The van der Waals surface area contributed by atoms with Gasteiger partial charge in [0.15, 0.2) is 0 Å². The summed E-state index contributed by atoms with van der Waals surface area (Å²) >= 11 is 0. The van der Waals surface area contributed by atoms with Crippen LogP contribution in [0, 0.1) is 6.92 Å². The van der Waals surface area contributed by atoms with E-state index in [4.69, 9.17) is 0 Å². The number of carboxylic acids is 1. The minimum Gasteiger partial charge on any atom is -0.478 e. The van der Waals surface area contributed by atoms with Crippen LogP contribution >= 0.6 is 0 Å². The summed E-state index contributed by atoms with van der Waals surface area (Å²) in [5, 5.41) is 18.6. The molecule has 3 nitrogen and oxygen atoms in total. The average molecular weight is 407 g/mol. The smallest absolute Gasteiger partial charge is 0.335 e. The molecule has 0 spiro atoms. The summed E-state index contributed by atoms with van der Waals surface area (Å²) in [4.78, 5) is 11.3. The molecule has 0 bridgehead atoms. The maximum Gasteiger partial charge on any atom is 0.335 e. The van der Waals surface area contributed by atoms with Crippen LogP contribution in [0.5, 0.6) is 0 Å². The molecular formula is C27H34O3. The van der Waals surface area contributed by atoms with Crippen molar-refractivity contribution in [2.75, 3.05) is 6.61 Å². The summed E-state index contributed by atoms with van der Waals surface area (Å²) < 4.78 is 0. The quantitative estimate of drug-likeness (QED) is 0.567. The van der Waals surface area contributed by atoms with Gasteiger partial charge in [-0.25, -0.2) is 4.79 Å². The van der Waals surface area contributed by atoms with Gasteiger partial charge < -0.3 is 10.2 Å². The maximum atomic E-state index is 11.3. The molecule has 0 amide bonds. The molecule has 2 aromatic rings. The molecule has 1 aliphatic rings. The van der Waals surface area contributed by atoms with E-state index in [0.717, 1.165) is 24.0 Å². The molecule has 3 rings (SSSR count). The van der Waals surface area contributed by atoms with Crippen LogP contribution < -0.4 is 0 Å². The van der Waals surface area contributed by atoms with Gasteiger partial charge >= 0.3 is 5.97 Å². The molecule has 0 unspecified atom stereocenters. The molecule has 160 valence electrons. The Labute approximate surface area is 180 Å². The molecule has 0 saturated carbocycles. The largest absolute Gasteiger partial charge is 0.478 e. The Bertz CT molecular complexity index is 980. The normalized spacial score (nSPS) is 17.1. The molecule has 0 saturated heterocycles. The van der Waals surface area contributed by atoms with Gasteiger partial charge in [0.2, 0.25) is 0 Å². The molecule has 0 atom stereocenters. The van der Waals surface area contributed by atoms with E-state index in [-0.39, 0.29) is 17.4 Å². The second kappa shape index (κ2) is 8.39. The number of hydrogen-bond donors (Lipinski definition) is 2. The standard InChI is InChI=1S/C27H34O3/c1-18-15-19(9-11-22(18)25(29)30)8-10-21-17-24-23(16-20(21)7-6-14-28)26(2,3)12-13-27(24,4)5/h8-11,15-17,28H,6-7,12-14H2,1-5H3,(H,29,30)/b10-8+. The number of aliphatic hydroxyl groups is 1. The van der Waals surface area contributed by atoms with Crippen molar-refractivity contribution in [1.29, 1.82) is 0 Å². The lowest BCUT2D eigenvalue weighted by molar-refractivity contribution is 0.0696. The van der Waals surface area contributed by atoms with Gasteiger partial charge in [-0.3, -0.25) is 0 Å². The fourth-order valence-corrected chi connectivity index (χ4v) is 4.53. The van der Waals surface area contributed by atoms with Crippen molar-refractivity contribution >= 4 is 18.1 Å². The summed E-state index contributed by atoms with van der Waals surface area (Å²) in [6, 6.07) is 10.1. The topological polar surface area (TPSA) is 57.5 Å². The molecule has 0 radical (unpaired) electrons. The SMILES string of the molecule is Cc1cc(/C=C/c2cc3c(cc2CCCO)C(C)(C)CCC3(C)C)ccc1C(=O)O. The molecule has 30 heavy (non-hydrogen) atoms. The van der Waals surface area contributed by atoms with Crippen LogP contribution in [0.1, 0.15) is 90.7 Å². The molecule has 0 aromatic heterocycles. The summed E-state index contributed by atoms with van der Waals surface area (Å²) in [6.45, 7) is 11.3. The average Bonchev–Trinajstić information content (AvgIpc) is 2.68. The Morgan fingerprint density at radius 3 is 2.20 bits per heavy atom. The highest BCUT2D eigenvalue weighted by molar-refractivity contribution is 5.90. The van der Waals surface area contributed by atoms with E-state index in [1.54, 1.807) is 6.07 Å². The van der Waals surface area contributed by atoms with E-state index >= 15 is 0 Å². The Hall–Kier alpha value is -2.39. The fraction of sp³-hybridized carbons (Fsp3) is 0.444. The third-order valence-electron chi connectivity index (χ3n) is 6.65. The summed E-state index contributed by atoms with van der Waals surface area (Å²) in [7, 11) is 0. The van der Waals surface area contributed by atoms with Crippen LogP contribution in [-0.2, 0) is 17.3 Å². The molecule has 1 aliphatic carbocycles. The highest BCUT2D eigenvalue weighted by Gasteiger charge is 2.37. The lowest BCUT2D eigenvalue weighted by Crippen LogP contribution is -2.34. The third-order valence-corrected chi connectivity index (χ3v) is 6.65. The number of rotatable bonds is 6. The first-order valence-electron chi connectivity index (χ1n) is 10.9. The molecule has 0 heterocycles. The zero-order valence-electron chi connectivity index (χ0n) is 18.9. The first-order chi connectivity index (χ1) is 14.0. The Morgan fingerprint density at radius 1 is 1.00 bits per heavy atom. The zero-order valence-corrected chi connectivity index (χ0v) is 18.9. The van der Waals surface area contributed by atoms with Gasteiger partial charge in [-0.15, -0.1) is 0 Å². The second-order valence-electron chi connectivity index (χ2n) is 9.90. The molecule has 2 aromatic carbocycles. The summed E-state index contributed by atoms with van der Waals surface area (Å²) in [5.74, 6) is -0.895. The van der Waals surface area contributed by atoms with E-state index in [9.17, 15) is 15.0 Å². The maximum absolute atomic E-state index is 11.3. The molecule has 2 N–H and O–H groups in total. The van der Waals surface area contributed by atoms with Crippen LogP contribution in [0.4, 0.5) is 0 Å². The molecule has 3 heteroatoms. The van der Waals surface area contributed by atoms with E-state index in [2.05, 4.69) is 52.0 Å². The van der Waals surface area contributed by atoms with Gasteiger partial charge in [0.05, 0.1) is 5.56 Å². The van der Waals surface area contributed by atoms with Gasteiger partial charge in [-0.05, 0) is 82.9 Å². The number of carboxylic acid groups (broad SMARTS) is 1. The van der Waals surface area contributed by atoms with Crippen molar-refractivity contribution in [3.63, 3.8) is 0 Å². The second-order valence-corrected chi connectivity index (χ2v) is 9.90. The van der Waals surface area contributed by atoms with Gasteiger partial charge in [-0.2, -0.15) is 0 Å². The van der Waals surface area contributed by atoms with Crippen LogP contribution in [0.2, 0.25) is 0 Å². The third kappa shape index (κ3) is 4.52. The predicted molar refractivity (Wildman–Crippen MR) is 124 cm³/mol. The fourth-order valence-electron chi connectivity index (χ4n) is 4.53. The van der Waals surface area contributed by atoms with Gasteiger partial charge in [0.25, 0.3) is 0 Å². The van der Waals surface area contributed by atoms with E-state index in [1.165, 1.54) is 35.1 Å². The zero-order chi connectivity index (χ0) is 22.1. The minimum atomic E-state index is -0.895. The molecular weight excluding hydrogens is 372 g/mol. The van der Waals surface area contributed by atoms with E-state index in [1.807, 2.05) is 19.1 Å². The van der Waals surface area contributed by atoms with Crippen molar-refractivity contribution < 1.29 is 15.0 Å². The van der Waals surface area contributed by atoms with Crippen molar-refractivity contribution in [2.24, 2.45) is 0 Å². The number of aromatic carboxylic acids is 1. The number of fused-ring (bicyclic) bond motifs is 1. The highest BCUT2D eigenvalue weighted by Crippen LogP contribution is 2.46. The lowest BCUT2D eigenvalue weighted by atomic mass is 9.62. The van der Waals surface area contributed by atoms with Crippen LogP contribution in [0.15, 0.2) is 30.3 Å². The number of benzene rings is 2. The molecule has 0 aliphatic heterocycles. The number of carbonyl (C=O) groups is 1. The van der Waals surface area contributed by atoms with E-state index < -0.39 is 5.97 Å². The van der Waals surface area contributed by atoms with Crippen LogP contribution in [0.25, 0.3) is 12.2 Å². The van der Waals surface area contributed by atoms with Crippen molar-refractivity contribution in [1.82, 2.24) is 0 Å².